The monoisotopic (exact) mass is 458 g/mol. The van der Waals surface area contributed by atoms with Crippen molar-refractivity contribution < 1.29 is 0 Å². The van der Waals surface area contributed by atoms with Crippen molar-refractivity contribution in [3.63, 3.8) is 0 Å². The van der Waals surface area contributed by atoms with Crippen LogP contribution >= 0.6 is 38.5 Å². The molecule has 0 saturated heterocycles. The maximum Gasteiger partial charge on any atom is 0.0423 e. The lowest BCUT2D eigenvalue weighted by molar-refractivity contribution is 0.522. The van der Waals surface area contributed by atoms with Crippen LogP contribution in [-0.2, 0) is 6.42 Å². The summed E-state index contributed by atoms with van der Waals surface area (Å²) >= 11 is 5.89. The molecule has 112 valence electrons. The number of pyridine rings is 1. The average molecular weight is 459 g/mol. The van der Waals surface area contributed by atoms with Crippen molar-refractivity contribution >= 4 is 38.5 Å². The predicted molar refractivity (Wildman–Crippen MR) is 101 cm³/mol. The molecule has 2 rings (SSSR count). The van der Waals surface area contributed by atoms with Gasteiger partial charge in [0.1, 0.15) is 0 Å². The van der Waals surface area contributed by atoms with Crippen LogP contribution in [0.3, 0.4) is 0 Å². The zero-order chi connectivity index (χ0) is 15.2. The van der Waals surface area contributed by atoms with Crippen LogP contribution in [0.15, 0.2) is 41.0 Å². The number of hydrogen-bond acceptors (Lipinski definition) is 2. The van der Waals surface area contributed by atoms with E-state index in [1.54, 1.807) is 0 Å². The minimum Gasteiger partial charge on any atom is -0.310 e. The average Bonchev–Trinajstić information content (AvgIpc) is 2.48. The molecule has 0 radical (unpaired) electrons. The number of rotatable bonds is 6. The van der Waals surface area contributed by atoms with Gasteiger partial charge in [-0.1, -0.05) is 25.1 Å². The minimum absolute atomic E-state index is 0.311. The van der Waals surface area contributed by atoms with Crippen molar-refractivity contribution in [2.75, 3.05) is 6.54 Å². The van der Waals surface area contributed by atoms with Gasteiger partial charge in [-0.15, -0.1) is 0 Å². The van der Waals surface area contributed by atoms with E-state index in [1.165, 1.54) is 14.7 Å². The third kappa shape index (κ3) is 4.76. The number of aromatic nitrogens is 1. The molecule has 1 unspecified atom stereocenters. The molecule has 1 aromatic heterocycles. The fourth-order valence-corrected chi connectivity index (χ4v) is 3.26. The second kappa shape index (κ2) is 8.25. The van der Waals surface area contributed by atoms with Gasteiger partial charge in [0.2, 0.25) is 0 Å². The fraction of sp³-hybridized carbons (Fsp3) is 0.353. The van der Waals surface area contributed by atoms with Crippen LogP contribution in [0.4, 0.5) is 0 Å². The highest BCUT2D eigenvalue weighted by Gasteiger charge is 2.16. The van der Waals surface area contributed by atoms with Gasteiger partial charge in [0.05, 0.1) is 0 Å². The second-order valence-corrected chi connectivity index (χ2v) is 7.15. The zero-order valence-corrected chi connectivity index (χ0v) is 16.1. The van der Waals surface area contributed by atoms with Gasteiger partial charge in [-0.05, 0) is 81.7 Å². The maximum atomic E-state index is 4.51. The van der Waals surface area contributed by atoms with Crippen LogP contribution in [0, 0.1) is 10.5 Å². The largest absolute Gasteiger partial charge is 0.310 e. The molecule has 0 aliphatic rings. The Balaban J connectivity index is 2.25. The Bertz CT molecular complexity index is 584. The molecular formula is C17H20BrIN2. The molecule has 1 aromatic carbocycles. The fourth-order valence-electron chi connectivity index (χ4n) is 2.29. The molecule has 0 saturated carbocycles. The maximum absolute atomic E-state index is 4.51. The lowest BCUT2D eigenvalue weighted by atomic mass is 9.99. The first-order valence-electron chi connectivity index (χ1n) is 7.20. The lowest BCUT2D eigenvalue weighted by Crippen LogP contribution is -2.25. The standard InChI is InChI=1S/C17H20BrIN2/c1-3-9-20-16(10-14-8-7-13(18)11-21-14)15-6-4-5-12(2)17(15)19/h4-8,11,16,20H,3,9-10H2,1-2H3. The van der Waals surface area contributed by atoms with Crippen molar-refractivity contribution in [3.8, 4) is 0 Å². The third-order valence-corrected chi connectivity index (χ3v) is 5.38. The molecule has 0 amide bonds. The minimum atomic E-state index is 0.311. The van der Waals surface area contributed by atoms with Crippen LogP contribution in [0.5, 0.6) is 0 Å². The van der Waals surface area contributed by atoms with E-state index in [-0.39, 0.29) is 0 Å². The van der Waals surface area contributed by atoms with Gasteiger partial charge < -0.3 is 5.32 Å². The summed E-state index contributed by atoms with van der Waals surface area (Å²) in [7, 11) is 0. The predicted octanol–water partition coefficient (Wildman–Crippen LogP) is 5.04. The Labute approximate surface area is 149 Å². The van der Waals surface area contributed by atoms with Crippen LogP contribution < -0.4 is 5.32 Å². The molecule has 0 aliphatic carbocycles. The van der Waals surface area contributed by atoms with Crippen LogP contribution in [0.2, 0.25) is 0 Å². The molecule has 2 aromatic rings. The molecule has 0 fully saturated rings. The van der Waals surface area contributed by atoms with Crippen LogP contribution in [0.25, 0.3) is 0 Å². The van der Waals surface area contributed by atoms with E-state index in [9.17, 15) is 0 Å². The number of halogens is 2. The summed E-state index contributed by atoms with van der Waals surface area (Å²) in [4.78, 5) is 4.51. The smallest absolute Gasteiger partial charge is 0.0423 e. The number of nitrogens with one attached hydrogen (secondary N) is 1. The Kier molecular flexibility index (Phi) is 6.64. The highest BCUT2D eigenvalue weighted by Crippen LogP contribution is 2.25. The summed E-state index contributed by atoms with van der Waals surface area (Å²) in [6.07, 6.45) is 3.91. The third-order valence-electron chi connectivity index (χ3n) is 3.44. The molecule has 1 heterocycles. The quantitative estimate of drug-likeness (QED) is 0.613. The first-order chi connectivity index (χ1) is 10.1. The number of hydrogen-bond donors (Lipinski definition) is 1. The topological polar surface area (TPSA) is 24.9 Å². The lowest BCUT2D eigenvalue weighted by Gasteiger charge is -2.21. The van der Waals surface area contributed by atoms with E-state index in [0.717, 1.165) is 29.6 Å². The number of nitrogens with zero attached hydrogens (tertiary/aromatic N) is 1. The van der Waals surface area contributed by atoms with Gasteiger partial charge >= 0.3 is 0 Å². The van der Waals surface area contributed by atoms with Crippen molar-refractivity contribution in [2.24, 2.45) is 0 Å². The van der Waals surface area contributed by atoms with E-state index in [2.05, 4.69) is 93.0 Å². The Morgan fingerprint density at radius 1 is 1.29 bits per heavy atom. The van der Waals surface area contributed by atoms with Gasteiger partial charge in [-0.25, -0.2) is 0 Å². The number of aryl methyl sites for hydroxylation is 1. The second-order valence-electron chi connectivity index (χ2n) is 5.16. The SMILES string of the molecule is CCCNC(Cc1ccc(Br)cn1)c1cccc(C)c1I. The van der Waals surface area contributed by atoms with E-state index in [1.807, 2.05) is 6.20 Å². The van der Waals surface area contributed by atoms with E-state index in [0.29, 0.717) is 6.04 Å². The summed E-state index contributed by atoms with van der Waals surface area (Å²) in [6, 6.07) is 11.0. The van der Waals surface area contributed by atoms with Crippen molar-refractivity contribution in [1.82, 2.24) is 10.3 Å². The first-order valence-corrected chi connectivity index (χ1v) is 9.07. The summed E-state index contributed by atoms with van der Waals surface area (Å²) in [5, 5.41) is 3.66. The highest BCUT2D eigenvalue weighted by atomic mass is 127. The molecular weight excluding hydrogens is 439 g/mol. The van der Waals surface area contributed by atoms with Crippen molar-refractivity contribution in [2.45, 2.75) is 32.7 Å². The van der Waals surface area contributed by atoms with Gasteiger partial charge in [0.15, 0.2) is 0 Å². The molecule has 21 heavy (non-hydrogen) atoms. The van der Waals surface area contributed by atoms with Crippen LogP contribution in [-0.4, -0.2) is 11.5 Å². The first kappa shape index (κ1) is 16.9. The molecule has 0 spiro atoms. The van der Waals surface area contributed by atoms with E-state index >= 15 is 0 Å². The molecule has 2 nitrogen and oxygen atoms in total. The molecule has 0 aliphatic heterocycles. The van der Waals surface area contributed by atoms with Crippen molar-refractivity contribution in [3.05, 3.63) is 61.4 Å². The molecule has 1 atom stereocenters. The van der Waals surface area contributed by atoms with Crippen molar-refractivity contribution in [1.29, 1.82) is 0 Å². The Hall–Kier alpha value is -0.460. The van der Waals surface area contributed by atoms with Gasteiger partial charge in [-0.3, -0.25) is 4.98 Å². The Morgan fingerprint density at radius 2 is 2.10 bits per heavy atom. The highest BCUT2D eigenvalue weighted by molar-refractivity contribution is 14.1. The van der Waals surface area contributed by atoms with Gasteiger partial charge in [0, 0.05) is 32.4 Å². The molecule has 4 heteroatoms. The van der Waals surface area contributed by atoms with E-state index in [4.69, 9.17) is 0 Å². The zero-order valence-electron chi connectivity index (χ0n) is 12.4. The molecule has 0 bridgehead atoms. The van der Waals surface area contributed by atoms with Gasteiger partial charge in [0.25, 0.3) is 0 Å². The van der Waals surface area contributed by atoms with E-state index < -0.39 is 0 Å². The van der Waals surface area contributed by atoms with Gasteiger partial charge in [-0.2, -0.15) is 0 Å². The Morgan fingerprint density at radius 3 is 2.76 bits per heavy atom. The summed E-state index contributed by atoms with van der Waals surface area (Å²) in [5.74, 6) is 0. The summed E-state index contributed by atoms with van der Waals surface area (Å²) in [5.41, 5.74) is 3.82. The summed E-state index contributed by atoms with van der Waals surface area (Å²) in [6.45, 7) is 5.38. The van der Waals surface area contributed by atoms with Crippen LogP contribution in [0.1, 0.15) is 36.2 Å². The normalized spacial score (nSPS) is 12.4. The number of benzene rings is 1. The molecule has 1 N–H and O–H groups in total. The summed E-state index contributed by atoms with van der Waals surface area (Å²) < 4.78 is 2.37.